The number of carboxylic acid groups (broad SMARTS) is 1. The average Bonchev–Trinajstić information content (AvgIpc) is 3.01. The Morgan fingerprint density at radius 1 is 1.16 bits per heavy atom. The molecule has 0 saturated carbocycles. The molecule has 0 atom stereocenters. The molecule has 5 N–H and O–H groups in total. The van der Waals surface area contributed by atoms with Crippen LogP contribution in [0.5, 0.6) is 0 Å². The van der Waals surface area contributed by atoms with Crippen LogP contribution < -0.4 is 11.1 Å². The van der Waals surface area contributed by atoms with Gasteiger partial charge in [0.15, 0.2) is 0 Å². The van der Waals surface area contributed by atoms with Gasteiger partial charge in [0, 0.05) is 28.9 Å². The number of carboxylic acids is 1. The number of H-pyrrole nitrogens is 1. The SMILES string of the molecule is Cc1[nH]c2c(C(N)=O)cc(F)c(-c3ccc4c(c3)CCCN4)c2c1C.O=C(O)C(F)(F)F. The molecule has 1 aliphatic rings. The van der Waals surface area contributed by atoms with Crippen LogP contribution in [0.3, 0.4) is 0 Å². The molecule has 0 saturated heterocycles. The highest BCUT2D eigenvalue weighted by molar-refractivity contribution is 6.10. The van der Waals surface area contributed by atoms with Gasteiger partial charge in [-0.05, 0) is 61.6 Å². The Kier molecular flexibility index (Phi) is 6.16. The second-order valence-corrected chi connectivity index (χ2v) is 7.48. The summed E-state index contributed by atoms with van der Waals surface area (Å²) in [7, 11) is 0. The van der Waals surface area contributed by atoms with Gasteiger partial charge in [-0.1, -0.05) is 6.07 Å². The molecule has 1 aliphatic heterocycles. The number of alkyl halides is 3. The van der Waals surface area contributed by atoms with Crippen LogP contribution in [0.15, 0.2) is 24.3 Å². The van der Waals surface area contributed by atoms with Gasteiger partial charge < -0.3 is 21.1 Å². The van der Waals surface area contributed by atoms with Gasteiger partial charge in [0.25, 0.3) is 5.91 Å². The first kappa shape index (κ1) is 23.1. The lowest BCUT2D eigenvalue weighted by Gasteiger charge is -2.19. The molecule has 3 aromatic rings. The van der Waals surface area contributed by atoms with E-state index in [1.54, 1.807) is 0 Å². The Morgan fingerprint density at radius 3 is 2.41 bits per heavy atom. The number of amides is 1. The van der Waals surface area contributed by atoms with Gasteiger partial charge in [-0.2, -0.15) is 13.2 Å². The monoisotopic (exact) mass is 451 g/mol. The van der Waals surface area contributed by atoms with Crippen LogP contribution >= 0.6 is 0 Å². The molecule has 1 amide bonds. The van der Waals surface area contributed by atoms with Gasteiger partial charge >= 0.3 is 12.1 Å². The maximum Gasteiger partial charge on any atom is 0.490 e. The number of hydrogen-bond acceptors (Lipinski definition) is 3. The number of rotatable bonds is 2. The van der Waals surface area contributed by atoms with Crippen LogP contribution in [0.4, 0.5) is 23.2 Å². The van der Waals surface area contributed by atoms with Crippen molar-refractivity contribution in [2.24, 2.45) is 5.73 Å². The molecule has 2 aromatic carbocycles. The summed E-state index contributed by atoms with van der Waals surface area (Å²) in [6.45, 7) is 4.81. The second-order valence-electron chi connectivity index (χ2n) is 7.48. The first-order valence-corrected chi connectivity index (χ1v) is 9.70. The molecule has 6 nitrogen and oxygen atoms in total. The molecule has 0 bridgehead atoms. The van der Waals surface area contributed by atoms with Gasteiger partial charge in [0.1, 0.15) is 5.82 Å². The Bertz CT molecular complexity index is 1220. The van der Waals surface area contributed by atoms with Crippen LogP contribution in [-0.4, -0.2) is 34.7 Å². The molecule has 2 heterocycles. The van der Waals surface area contributed by atoms with E-state index in [4.69, 9.17) is 15.6 Å². The van der Waals surface area contributed by atoms with Gasteiger partial charge in [0.2, 0.25) is 0 Å². The van der Waals surface area contributed by atoms with Gasteiger partial charge in [-0.25, -0.2) is 9.18 Å². The third-order valence-corrected chi connectivity index (χ3v) is 5.37. The van der Waals surface area contributed by atoms with Gasteiger partial charge in [0.05, 0.1) is 11.1 Å². The maximum absolute atomic E-state index is 15.0. The summed E-state index contributed by atoms with van der Waals surface area (Å²) in [6.07, 6.45) is -3.04. The number of carbonyl (C=O) groups excluding carboxylic acids is 1. The highest BCUT2D eigenvalue weighted by atomic mass is 19.4. The summed E-state index contributed by atoms with van der Waals surface area (Å²) in [6, 6.07) is 7.23. The molecule has 0 unspecified atom stereocenters. The topological polar surface area (TPSA) is 108 Å². The number of aromatic nitrogens is 1. The van der Waals surface area contributed by atoms with Crippen molar-refractivity contribution in [2.75, 3.05) is 11.9 Å². The zero-order valence-corrected chi connectivity index (χ0v) is 17.3. The molecule has 0 spiro atoms. The molecule has 170 valence electrons. The van der Waals surface area contributed by atoms with Crippen molar-refractivity contribution in [3.8, 4) is 11.1 Å². The summed E-state index contributed by atoms with van der Waals surface area (Å²) >= 11 is 0. The predicted octanol–water partition coefficient (Wildman–Crippen LogP) is 4.68. The van der Waals surface area contributed by atoms with Crippen molar-refractivity contribution in [1.29, 1.82) is 0 Å². The van der Waals surface area contributed by atoms with E-state index in [2.05, 4.69) is 10.3 Å². The second kappa shape index (κ2) is 8.52. The van der Waals surface area contributed by atoms with Crippen LogP contribution in [-0.2, 0) is 11.2 Å². The Hall–Kier alpha value is -3.56. The van der Waals surface area contributed by atoms with Crippen LogP contribution in [0.2, 0.25) is 0 Å². The molecule has 0 aliphatic carbocycles. The summed E-state index contributed by atoms with van der Waals surface area (Å²) in [5.74, 6) is -3.81. The minimum atomic E-state index is -5.08. The first-order valence-electron chi connectivity index (χ1n) is 9.70. The summed E-state index contributed by atoms with van der Waals surface area (Å²) in [4.78, 5) is 23.8. The lowest BCUT2D eigenvalue weighted by Crippen LogP contribution is -2.21. The van der Waals surface area contributed by atoms with E-state index < -0.39 is 23.9 Å². The standard InChI is InChI=1S/C20H20FN3O.C2HF3O2/c1-10-11(2)24-19-14(20(22)25)9-15(21)18(17(10)19)13-5-6-16-12(8-13)4-3-7-23-16;3-2(4,5)1(6)7/h5-6,8-9,23-24H,3-4,7H2,1-2H3,(H2,22,25);(H,6,7). The highest BCUT2D eigenvalue weighted by Crippen LogP contribution is 2.38. The summed E-state index contributed by atoms with van der Waals surface area (Å²) in [5.41, 5.74) is 11.7. The Balaban J connectivity index is 0.000000360. The lowest BCUT2D eigenvalue weighted by atomic mass is 9.92. The van der Waals surface area contributed by atoms with E-state index in [-0.39, 0.29) is 5.56 Å². The van der Waals surface area contributed by atoms with Gasteiger partial charge in [-0.15, -0.1) is 0 Å². The van der Waals surface area contributed by atoms with E-state index in [1.807, 2.05) is 32.0 Å². The van der Waals surface area contributed by atoms with E-state index in [9.17, 15) is 18.0 Å². The molecule has 1 aromatic heterocycles. The molecular weight excluding hydrogens is 430 g/mol. The lowest BCUT2D eigenvalue weighted by molar-refractivity contribution is -0.192. The number of halogens is 4. The van der Waals surface area contributed by atoms with Crippen LogP contribution in [0, 0.1) is 19.7 Å². The largest absolute Gasteiger partial charge is 0.490 e. The minimum Gasteiger partial charge on any atom is -0.475 e. The normalized spacial score (nSPS) is 13.1. The molecule has 10 heteroatoms. The number of hydrogen-bond donors (Lipinski definition) is 4. The number of aliphatic carboxylic acids is 1. The zero-order valence-electron chi connectivity index (χ0n) is 17.3. The van der Waals surface area contributed by atoms with E-state index in [0.29, 0.717) is 11.1 Å². The number of benzene rings is 2. The fourth-order valence-corrected chi connectivity index (χ4v) is 3.73. The number of aromatic amines is 1. The smallest absolute Gasteiger partial charge is 0.475 e. The van der Waals surface area contributed by atoms with E-state index in [0.717, 1.165) is 47.3 Å². The van der Waals surface area contributed by atoms with Crippen molar-refractivity contribution in [2.45, 2.75) is 32.9 Å². The Labute approximate surface area is 180 Å². The summed E-state index contributed by atoms with van der Waals surface area (Å²) < 4.78 is 46.7. The number of anilines is 1. The van der Waals surface area contributed by atoms with Crippen LogP contribution in [0.1, 0.15) is 33.6 Å². The third kappa shape index (κ3) is 4.39. The van der Waals surface area contributed by atoms with Crippen molar-refractivity contribution >= 4 is 28.5 Å². The maximum atomic E-state index is 15.0. The number of fused-ring (bicyclic) bond motifs is 2. The van der Waals surface area contributed by atoms with Crippen molar-refractivity contribution in [1.82, 2.24) is 4.98 Å². The van der Waals surface area contributed by atoms with E-state index in [1.165, 1.54) is 11.6 Å². The number of aryl methyl sites for hydroxylation is 3. The van der Waals surface area contributed by atoms with Crippen molar-refractivity contribution < 1.29 is 32.3 Å². The quantitative estimate of drug-likeness (QED) is 0.424. The summed E-state index contributed by atoms with van der Waals surface area (Å²) in [5, 5.41) is 11.2. The van der Waals surface area contributed by atoms with E-state index >= 15 is 4.39 Å². The van der Waals surface area contributed by atoms with Crippen molar-refractivity contribution in [3.05, 3.63) is 52.5 Å². The molecule has 4 rings (SSSR count). The van der Waals surface area contributed by atoms with Crippen molar-refractivity contribution in [3.63, 3.8) is 0 Å². The predicted molar refractivity (Wildman–Crippen MR) is 112 cm³/mol. The highest BCUT2D eigenvalue weighted by Gasteiger charge is 2.38. The number of nitrogens with one attached hydrogen (secondary N) is 2. The number of nitrogens with two attached hydrogens (primary N) is 1. The first-order chi connectivity index (χ1) is 14.9. The fraction of sp³-hybridized carbons (Fsp3) is 0.273. The third-order valence-electron chi connectivity index (χ3n) is 5.37. The average molecular weight is 451 g/mol. The molecule has 32 heavy (non-hydrogen) atoms. The molecular formula is C22H21F4N3O3. The molecule has 0 radical (unpaired) electrons. The zero-order chi connectivity index (χ0) is 23.8. The van der Waals surface area contributed by atoms with Crippen LogP contribution in [0.25, 0.3) is 22.0 Å². The number of carbonyl (C=O) groups is 2. The minimum absolute atomic E-state index is 0.187. The Morgan fingerprint density at radius 2 is 1.81 bits per heavy atom. The van der Waals surface area contributed by atoms with Gasteiger partial charge in [-0.3, -0.25) is 4.79 Å². The fourth-order valence-electron chi connectivity index (χ4n) is 3.73. The number of primary amides is 1. The molecule has 0 fully saturated rings.